The molecule has 0 unspecified atom stereocenters. The first-order chi connectivity index (χ1) is 19.4. The van der Waals surface area contributed by atoms with Crippen LogP contribution in [0.15, 0.2) is 97.2 Å². The van der Waals surface area contributed by atoms with Crippen LogP contribution in [0.2, 0.25) is 0 Å². The van der Waals surface area contributed by atoms with Crippen molar-refractivity contribution in [1.82, 2.24) is 9.88 Å². The second-order valence-corrected chi connectivity index (χ2v) is 9.80. The van der Waals surface area contributed by atoms with Crippen molar-refractivity contribution in [1.29, 1.82) is 0 Å². The van der Waals surface area contributed by atoms with Gasteiger partial charge in [-0.25, -0.2) is 9.78 Å². The first-order valence-electron chi connectivity index (χ1n) is 13.1. The average molecular weight is 536 g/mol. The van der Waals surface area contributed by atoms with Crippen molar-refractivity contribution >= 4 is 23.5 Å². The number of aromatic nitrogens is 1. The van der Waals surface area contributed by atoms with Gasteiger partial charge in [0.2, 0.25) is 11.8 Å². The molecule has 0 radical (unpaired) electrons. The van der Waals surface area contributed by atoms with Crippen molar-refractivity contribution in [3.8, 4) is 11.6 Å². The number of nitrogens with zero attached hydrogens (tertiary/aromatic N) is 2. The Bertz CT molecular complexity index is 1490. The van der Waals surface area contributed by atoms with E-state index in [-0.39, 0.29) is 29.5 Å². The Labute approximate surface area is 232 Å². The van der Waals surface area contributed by atoms with E-state index >= 15 is 0 Å². The quantitative estimate of drug-likeness (QED) is 0.295. The summed E-state index contributed by atoms with van der Waals surface area (Å²) in [6, 6.07) is 27.0. The zero-order valence-corrected chi connectivity index (χ0v) is 21.8. The van der Waals surface area contributed by atoms with Crippen molar-refractivity contribution in [2.24, 2.45) is 5.92 Å². The molecule has 1 saturated heterocycles. The third-order valence-electron chi connectivity index (χ3n) is 6.86. The van der Waals surface area contributed by atoms with Crippen LogP contribution in [0, 0.1) is 5.92 Å². The smallest absolute Gasteiger partial charge is 0.337 e. The molecular formula is C32H29N3O5. The number of carbonyl (C=O) groups excluding carboxylic acids is 2. The van der Waals surface area contributed by atoms with Crippen molar-refractivity contribution in [3.05, 3.63) is 119 Å². The van der Waals surface area contributed by atoms with E-state index in [4.69, 9.17) is 4.74 Å². The summed E-state index contributed by atoms with van der Waals surface area (Å²) in [5, 5.41) is 11.9. The van der Waals surface area contributed by atoms with Gasteiger partial charge in [0.15, 0.2) is 0 Å². The molecule has 8 heteroatoms. The first kappa shape index (κ1) is 26.6. The molecule has 40 heavy (non-hydrogen) atoms. The molecule has 0 spiro atoms. The number of aromatic carboxylic acids is 1. The van der Waals surface area contributed by atoms with Crippen LogP contribution in [0.5, 0.6) is 11.6 Å². The van der Waals surface area contributed by atoms with Gasteiger partial charge in [-0.2, -0.15) is 0 Å². The molecule has 2 amide bonds. The monoisotopic (exact) mass is 535 g/mol. The predicted molar refractivity (Wildman–Crippen MR) is 151 cm³/mol. The molecule has 1 fully saturated rings. The number of carbonyl (C=O) groups is 3. The number of ether oxygens (including phenoxy) is 1. The number of rotatable bonds is 9. The SMILES string of the molecule is O=C(Cc1ccc(Oc2ccc(C[C@H]3CCN(C(=O)c4ccccc4)C3)cc2)nc1)Nc1ccccc1C(=O)O. The fraction of sp³-hybridized carbons (Fsp3) is 0.188. The van der Waals surface area contributed by atoms with Gasteiger partial charge in [0.25, 0.3) is 5.91 Å². The van der Waals surface area contributed by atoms with Crippen LogP contribution in [0.25, 0.3) is 0 Å². The van der Waals surface area contributed by atoms with E-state index in [1.807, 2.05) is 59.5 Å². The fourth-order valence-corrected chi connectivity index (χ4v) is 4.83. The highest BCUT2D eigenvalue weighted by atomic mass is 16.5. The van der Waals surface area contributed by atoms with Gasteiger partial charge in [0.1, 0.15) is 5.75 Å². The minimum atomic E-state index is -1.10. The molecule has 1 aliphatic heterocycles. The molecule has 1 aliphatic rings. The van der Waals surface area contributed by atoms with Crippen molar-refractivity contribution in [3.63, 3.8) is 0 Å². The van der Waals surface area contributed by atoms with E-state index in [1.54, 1.807) is 36.5 Å². The first-order valence-corrected chi connectivity index (χ1v) is 13.1. The number of amides is 2. The maximum absolute atomic E-state index is 12.7. The number of para-hydroxylation sites is 1. The van der Waals surface area contributed by atoms with E-state index in [2.05, 4.69) is 10.3 Å². The highest BCUT2D eigenvalue weighted by Gasteiger charge is 2.27. The number of anilines is 1. The number of benzene rings is 3. The van der Waals surface area contributed by atoms with Crippen LogP contribution in [-0.2, 0) is 17.6 Å². The highest BCUT2D eigenvalue weighted by molar-refractivity contribution is 6.01. The Balaban J connectivity index is 1.10. The van der Waals surface area contributed by atoms with E-state index < -0.39 is 5.97 Å². The van der Waals surface area contributed by atoms with E-state index in [9.17, 15) is 19.5 Å². The number of hydrogen-bond acceptors (Lipinski definition) is 5. The molecule has 1 aromatic heterocycles. The van der Waals surface area contributed by atoms with Crippen LogP contribution in [0.3, 0.4) is 0 Å². The summed E-state index contributed by atoms with van der Waals surface area (Å²) in [6.07, 6.45) is 3.49. The van der Waals surface area contributed by atoms with E-state index in [1.165, 1.54) is 11.6 Å². The molecule has 8 nitrogen and oxygen atoms in total. The van der Waals surface area contributed by atoms with Gasteiger partial charge >= 0.3 is 5.97 Å². The number of likely N-dealkylation sites (tertiary alicyclic amines) is 1. The van der Waals surface area contributed by atoms with Crippen LogP contribution < -0.4 is 10.1 Å². The topological polar surface area (TPSA) is 109 Å². The summed E-state index contributed by atoms with van der Waals surface area (Å²) < 4.78 is 5.87. The number of nitrogens with one attached hydrogen (secondary N) is 1. The summed E-state index contributed by atoms with van der Waals surface area (Å²) in [4.78, 5) is 42.7. The molecule has 2 heterocycles. The Morgan fingerprint density at radius 2 is 1.62 bits per heavy atom. The molecule has 5 rings (SSSR count). The third kappa shape index (κ3) is 6.71. The number of carboxylic acid groups (broad SMARTS) is 1. The zero-order chi connectivity index (χ0) is 27.9. The Morgan fingerprint density at radius 3 is 2.35 bits per heavy atom. The highest BCUT2D eigenvalue weighted by Crippen LogP contribution is 2.25. The molecule has 0 bridgehead atoms. The second kappa shape index (κ2) is 12.3. The Morgan fingerprint density at radius 1 is 0.900 bits per heavy atom. The Kier molecular flexibility index (Phi) is 8.15. The molecule has 2 N–H and O–H groups in total. The summed E-state index contributed by atoms with van der Waals surface area (Å²) in [5.41, 5.74) is 2.87. The Hall–Kier alpha value is -4.98. The van der Waals surface area contributed by atoms with Gasteiger partial charge in [-0.15, -0.1) is 0 Å². The lowest BCUT2D eigenvalue weighted by Gasteiger charge is -2.16. The van der Waals surface area contributed by atoms with Crippen LogP contribution >= 0.6 is 0 Å². The van der Waals surface area contributed by atoms with Crippen molar-refractivity contribution in [2.45, 2.75) is 19.3 Å². The maximum Gasteiger partial charge on any atom is 0.337 e. The summed E-state index contributed by atoms with van der Waals surface area (Å²) >= 11 is 0. The summed E-state index contributed by atoms with van der Waals surface area (Å²) in [6.45, 7) is 1.53. The summed E-state index contributed by atoms with van der Waals surface area (Å²) in [5.74, 6) is 0.124. The molecule has 3 aromatic carbocycles. The van der Waals surface area contributed by atoms with Gasteiger partial charge in [-0.1, -0.05) is 48.5 Å². The van der Waals surface area contributed by atoms with Crippen LogP contribution in [-0.4, -0.2) is 45.9 Å². The normalized spacial score (nSPS) is 14.5. The summed E-state index contributed by atoms with van der Waals surface area (Å²) in [7, 11) is 0. The number of pyridine rings is 1. The lowest BCUT2D eigenvalue weighted by Crippen LogP contribution is -2.28. The average Bonchev–Trinajstić information content (AvgIpc) is 3.44. The fourth-order valence-electron chi connectivity index (χ4n) is 4.83. The number of carboxylic acids is 1. The molecule has 1 atom stereocenters. The third-order valence-corrected chi connectivity index (χ3v) is 6.86. The largest absolute Gasteiger partial charge is 0.478 e. The molecule has 202 valence electrons. The van der Waals surface area contributed by atoms with Gasteiger partial charge in [0, 0.05) is 30.9 Å². The van der Waals surface area contributed by atoms with Gasteiger partial charge in [-0.3, -0.25) is 9.59 Å². The second-order valence-electron chi connectivity index (χ2n) is 9.80. The lowest BCUT2D eigenvalue weighted by molar-refractivity contribution is -0.115. The van der Waals surface area contributed by atoms with Crippen LogP contribution in [0.4, 0.5) is 5.69 Å². The minimum absolute atomic E-state index is 0.0344. The number of hydrogen-bond donors (Lipinski definition) is 2. The van der Waals surface area contributed by atoms with Gasteiger partial charge in [0.05, 0.1) is 17.7 Å². The van der Waals surface area contributed by atoms with Gasteiger partial charge in [-0.05, 0) is 66.3 Å². The minimum Gasteiger partial charge on any atom is -0.478 e. The van der Waals surface area contributed by atoms with Crippen LogP contribution in [0.1, 0.15) is 38.3 Å². The van der Waals surface area contributed by atoms with Crippen molar-refractivity contribution < 1.29 is 24.2 Å². The van der Waals surface area contributed by atoms with E-state index in [0.717, 1.165) is 31.5 Å². The zero-order valence-electron chi connectivity index (χ0n) is 21.8. The molecular weight excluding hydrogens is 506 g/mol. The van der Waals surface area contributed by atoms with Crippen molar-refractivity contribution in [2.75, 3.05) is 18.4 Å². The van der Waals surface area contributed by atoms with E-state index in [0.29, 0.717) is 23.1 Å². The van der Waals surface area contributed by atoms with Gasteiger partial charge < -0.3 is 20.1 Å². The molecule has 0 aliphatic carbocycles. The molecule has 4 aromatic rings. The maximum atomic E-state index is 12.7. The predicted octanol–water partition coefficient (Wildman–Crippen LogP) is 5.46. The molecule has 0 saturated carbocycles. The standard InChI is InChI=1S/C32H29N3O5/c36-29(34-28-9-5-4-8-27(28)32(38)39)19-23-12-15-30(33-20-23)40-26-13-10-22(11-14-26)18-24-16-17-35(21-24)31(37)25-6-2-1-3-7-25/h1-15,20,24H,16-19,21H2,(H,34,36)(H,38,39)/t24-/m1/s1. The lowest BCUT2D eigenvalue weighted by atomic mass is 9.99.